The first-order valence-electron chi connectivity index (χ1n) is 5.66. The quantitative estimate of drug-likeness (QED) is 0.584. The molecule has 0 aliphatic rings. The van der Waals surface area contributed by atoms with Crippen molar-refractivity contribution in [3.8, 4) is 0 Å². The van der Waals surface area contributed by atoms with Crippen LogP contribution in [0.25, 0.3) is 0 Å². The lowest BCUT2D eigenvalue weighted by molar-refractivity contribution is -0.0884. The number of azo groups is 1. The van der Waals surface area contributed by atoms with Crippen molar-refractivity contribution in [1.29, 1.82) is 0 Å². The minimum atomic E-state index is -4.93. The second-order valence-electron chi connectivity index (χ2n) is 3.88. The van der Waals surface area contributed by atoms with Gasteiger partial charge in [-0.05, 0) is 24.3 Å². The number of hydrogen-bond acceptors (Lipinski definition) is 3. The first-order valence-corrected chi connectivity index (χ1v) is 5.66. The molecular weight excluding hydrogens is 269 g/mol. The van der Waals surface area contributed by atoms with Crippen LogP contribution >= 0.6 is 0 Å². The zero-order valence-corrected chi connectivity index (χ0v) is 10.1. The molecule has 0 fully saturated rings. The summed E-state index contributed by atoms with van der Waals surface area (Å²) in [6.07, 6.45) is -4.93. The van der Waals surface area contributed by atoms with Gasteiger partial charge in [0.2, 0.25) is 0 Å². The average Bonchev–Trinajstić information content (AvgIpc) is 2.45. The van der Waals surface area contributed by atoms with E-state index in [0.717, 1.165) is 6.07 Å². The molecule has 0 heterocycles. The van der Waals surface area contributed by atoms with Crippen molar-refractivity contribution < 1.29 is 18.0 Å². The summed E-state index contributed by atoms with van der Waals surface area (Å²) in [5, 5.41) is 7.52. The van der Waals surface area contributed by atoms with Crippen molar-refractivity contribution in [1.82, 2.24) is 0 Å². The summed E-state index contributed by atoms with van der Waals surface area (Å²) < 4.78 is 37.4. The maximum absolute atomic E-state index is 12.5. The number of hydrogen-bond donors (Lipinski definition) is 0. The first-order chi connectivity index (χ1) is 9.48. The molecule has 102 valence electrons. The number of alkyl halides is 3. The van der Waals surface area contributed by atoms with Crippen LogP contribution in [0.4, 0.5) is 24.5 Å². The molecule has 0 saturated heterocycles. The maximum atomic E-state index is 12.5. The fraction of sp³-hybridized carbons (Fsp3) is 0.0714. The monoisotopic (exact) mass is 278 g/mol. The Labute approximate surface area is 112 Å². The molecule has 2 aromatic rings. The Hall–Kier alpha value is -2.50. The minimum Gasteiger partial charge on any atom is -0.284 e. The number of Topliss-reactive ketones (excluding diaryl/α,β-unsaturated/α-hetero) is 1. The molecule has 0 N–H and O–H groups in total. The van der Waals surface area contributed by atoms with E-state index in [-0.39, 0.29) is 5.69 Å². The van der Waals surface area contributed by atoms with Crippen molar-refractivity contribution in [2.75, 3.05) is 0 Å². The van der Waals surface area contributed by atoms with E-state index < -0.39 is 17.5 Å². The molecule has 0 saturated carbocycles. The van der Waals surface area contributed by atoms with Gasteiger partial charge in [-0.25, -0.2) is 0 Å². The predicted octanol–water partition coefficient (Wildman–Crippen LogP) is 4.85. The number of halogens is 3. The zero-order chi connectivity index (χ0) is 14.6. The molecule has 0 bridgehead atoms. The number of carbonyl (C=O) groups excluding carboxylic acids is 1. The van der Waals surface area contributed by atoms with Crippen LogP contribution in [0.1, 0.15) is 10.4 Å². The topological polar surface area (TPSA) is 41.8 Å². The van der Waals surface area contributed by atoms with Gasteiger partial charge in [-0.1, -0.05) is 30.3 Å². The van der Waals surface area contributed by atoms with Crippen LogP contribution < -0.4 is 0 Å². The van der Waals surface area contributed by atoms with Crippen LogP contribution in [0.2, 0.25) is 0 Å². The third-order valence-corrected chi connectivity index (χ3v) is 2.44. The fourth-order valence-corrected chi connectivity index (χ4v) is 1.51. The normalized spacial score (nSPS) is 11.8. The van der Waals surface area contributed by atoms with E-state index in [1.165, 1.54) is 18.2 Å². The fourth-order valence-electron chi connectivity index (χ4n) is 1.51. The van der Waals surface area contributed by atoms with Crippen LogP contribution in [0.15, 0.2) is 64.8 Å². The summed E-state index contributed by atoms with van der Waals surface area (Å²) in [7, 11) is 0. The van der Waals surface area contributed by atoms with Crippen LogP contribution in [0.5, 0.6) is 0 Å². The highest BCUT2D eigenvalue weighted by Crippen LogP contribution is 2.28. The Morgan fingerprint density at radius 2 is 1.45 bits per heavy atom. The van der Waals surface area contributed by atoms with E-state index in [2.05, 4.69) is 10.2 Å². The van der Waals surface area contributed by atoms with E-state index in [9.17, 15) is 18.0 Å². The number of carbonyl (C=O) groups is 1. The smallest absolute Gasteiger partial charge is 0.284 e. The summed E-state index contributed by atoms with van der Waals surface area (Å²) in [6, 6.07) is 13.8. The van der Waals surface area contributed by atoms with Gasteiger partial charge in [0.05, 0.1) is 16.9 Å². The molecule has 0 atom stereocenters. The molecule has 6 heteroatoms. The molecule has 0 amide bonds. The largest absolute Gasteiger partial charge is 0.454 e. The molecule has 2 rings (SSSR count). The number of benzene rings is 2. The third-order valence-electron chi connectivity index (χ3n) is 2.44. The highest BCUT2D eigenvalue weighted by Gasteiger charge is 2.40. The molecule has 0 spiro atoms. The molecule has 0 aliphatic carbocycles. The van der Waals surface area contributed by atoms with Gasteiger partial charge >= 0.3 is 6.18 Å². The van der Waals surface area contributed by atoms with Crippen molar-refractivity contribution in [3.63, 3.8) is 0 Å². The van der Waals surface area contributed by atoms with Gasteiger partial charge in [0.25, 0.3) is 5.78 Å². The summed E-state index contributed by atoms with van der Waals surface area (Å²) in [6.45, 7) is 0. The van der Waals surface area contributed by atoms with E-state index in [0.29, 0.717) is 5.69 Å². The lowest BCUT2D eigenvalue weighted by Gasteiger charge is -2.06. The van der Waals surface area contributed by atoms with Gasteiger partial charge in [-0.15, -0.1) is 5.11 Å². The molecule has 0 aromatic heterocycles. The number of ketones is 1. The molecule has 3 nitrogen and oxygen atoms in total. The third kappa shape index (κ3) is 3.28. The minimum absolute atomic E-state index is 0.112. The molecule has 0 radical (unpaired) electrons. The van der Waals surface area contributed by atoms with Gasteiger partial charge in [0.15, 0.2) is 0 Å². The Bertz CT molecular complexity index is 636. The molecular formula is C14H9F3N2O. The van der Waals surface area contributed by atoms with Gasteiger partial charge in [0, 0.05) is 0 Å². The highest BCUT2D eigenvalue weighted by molar-refractivity contribution is 6.04. The van der Waals surface area contributed by atoms with Gasteiger partial charge < -0.3 is 0 Å². The van der Waals surface area contributed by atoms with Crippen molar-refractivity contribution in [2.45, 2.75) is 6.18 Å². The molecule has 0 aliphatic heterocycles. The SMILES string of the molecule is O=C(c1ccccc1N=Nc1ccccc1)C(F)(F)F. The van der Waals surface area contributed by atoms with E-state index in [4.69, 9.17) is 0 Å². The van der Waals surface area contributed by atoms with Crippen molar-refractivity contribution in [3.05, 3.63) is 60.2 Å². The first kappa shape index (κ1) is 13.9. The molecule has 2 aromatic carbocycles. The Morgan fingerprint density at radius 3 is 2.10 bits per heavy atom. The average molecular weight is 278 g/mol. The second-order valence-corrected chi connectivity index (χ2v) is 3.88. The number of rotatable bonds is 3. The van der Waals surface area contributed by atoms with Crippen molar-refractivity contribution >= 4 is 17.2 Å². The Balaban J connectivity index is 2.34. The predicted molar refractivity (Wildman–Crippen MR) is 67.4 cm³/mol. The van der Waals surface area contributed by atoms with Crippen LogP contribution in [-0.2, 0) is 0 Å². The van der Waals surface area contributed by atoms with Gasteiger partial charge in [-0.2, -0.15) is 18.3 Å². The van der Waals surface area contributed by atoms with E-state index in [1.807, 2.05) is 0 Å². The lowest BCUT2D eigenvalue weighted by Crippen LogP contribution is -2.22. The maximum Gasteiger partial charge on any atom is 0.454 e. The highest BCUT2D eigenvalue weighted by atomic mass is 19.4. The summed E-state index contributed by atoms with van der Waals surface area (Å²) in [5.41, 5.74) is -0.139. The van der Waals surface area contributed by atoms with Crippen molar-refractivity contribution in [2.24, 2.45) is 10.2 Å². The Kier molecular flexibility index (Phi) is 3.93. The number of nitrogens with zero attached hydrogens (tertiary/aromatic N) is 2. The standard InChI is InChI=1S/C14H9F3N2O/c15-14(16,17)13(20)11-8-4-5-9-12(11)19-18-10-6-2-1-3-7-10/h1-9H. The summed E-state index contributed by atoms with van der Waals surface area (Å²) >= 11 is 0. The molecule has 0 unspecified atom stereocenters. The Morgan fingerprint density at radius 1 is 0.850 bits per heavy atom. The van der Waals surface area contributed by atoms with E-state index >= 15 is 0 Å². The summed E-state index contributed by atoms with van der Waals surface area (Å²) in [4.78, 5) is 11.3. The van der Waals surface area contributed by atoms with Crippen LogP contribution in [0.3, 0.4) is 0 Å². The summed E-state index contributed by atoms with van der Waals surface area (Å²) in [5.74, 6) is -1.93. The second kappa shape index (κ2) is 5.64. The lowest BCUT2D eigenvalue weighted by atomic mass is 10.1. The van der Waals surface area contributed by atoms with E-state index in [1.54, 1.807) is 30.3 Å². The van der Waals surface area contributed by atoms with Crippen LogP contribution in [0, 0.1) is 0 Å². The molecule has 20 heavy (non-hydrogen) atoms. The van der Waals surface area contributed by atoms with Gasteiger partial charge in [-0.3, -0.25) is 4.79 Å². The zero-order valence-electron chi connectivity index (χ0n) is 10.1. The van der Waals surface area contributed by atoms with Gasteiger partial charge in [0.1, 0.15) is 0 Å². The van der Waals surface area contributed by atoms with Crippen LogP contribution in [-0.4, -0.2) is 12.0 Å².